The number of rotatable bonds is 7. The standard InChI is InChI=1S/C23H24ClN3O3S/c1-15-13-20(9-12-22(15)24)27-23(28)19-5-3-17(4-6-19)14-26-16(2)18-7-10-21(11-8-18)31(25,29)30/h3-13,16,26H,14H2,1-2H3,(H,27,28)(H2,25,29,30). The molecule has 1 atom stereocenters. The van der Waals surface area contributed by atoms with Gasteiger partial charge in [0, 0.05) is 28.9 Å². The zero-order valence-corrected chi connectivity index (χ0v) is 18.8. The van der Waals surface area contributed by atoms with Crippen molar-refractivity contribution in [3.63, 3.8) is 0 Å². The molecular weight excluding hydrogens is 434 g/mol. The second kappa shape index (κ2) is 9.62. The van der Waals surface area contributed by atoms with Crippen LogP contribution in [0.25, 0.3) is 0 Å². The molecule has 4 N–H and O–H groups in total. The molecule has 3 aromatic rings. The molecule has 0 heterocycles. The number of sulfonamides is 1. The van der Waals surface area contributed by atoms with Gasteiger partial charge >= 0.3 is 0 Å². The van der Waals surface area contributed by atoms with E-state index in [9.17, 15) is 13.2 Å². The number of aryl methyl sites for hydroxylation is 1. The molecule has 0 saturated carbocycles. The van der Waals surface area contributed by atoms with E-state index in [1.54, 1.807) is 36.4 Å². The van der Waals surface area contributed by atoms with Crippen molar-refractivity contribution in [3.8, 4) is 0 Å². The summed E-state index contributed by atoms with van der Waals surface area (Å²) in [4.78, 5) is 12.5. The van der Waals surface area contributed by atoms with Crippen molar-refractivity contribution in [1.29, 1.82) is 0 Å². The van der Waals surface area contributed by atoms with E-state index < -0.39 is 10.0 Å². The molecule has 0 radical (unpaired) electrons. The van der Waals surface area contributed by atoms with E-state index in [-0.39, 0.29) is 16.8 Å². The summed E-state index contributed by atoms with van der Waals surface area (Å²) in [6, 6.07) is 19.2. The minimum absolute atomic E-state index is 0.00523. The molecule has 0 aliphatic heterocycles. The molecule has 31 heavy (non-hydrogen) atoms. The number of carbonyl (C=O) groups is 1. The molecule has 6 nitrogen and oxygen atoms in total. The Labute approximate surface area is 187 Å². The first-order valence-corrected chi connectivity index (χ1v) is 11.6. The van der Waals surface area contributed by atoms with Gasteiger partial charge < -0.3 is 10.6 Å². The van der Waals surface area contributed by atoms with Crippen LogP contribution in [0.3, 0.4) is 0 Å². The smallest absolute Gasteiger partial charge is 0.255 e. The minimum atomic E-state index is -3.69. The Morgan fingerprint density at radius 1 is 1.03 bits per heavy atom. The molecule has 3 rings (SSSR count). The highest BCUT2D eigenvalue weighted by atomic mass is 35.5. The predicted molar refractivity (Wildman–Crippen MR) is 124 cm³/mol. The fourth-order valence-corrected chi connectivity index (χ4v) is 3.67. The predicted octanol–water partition coefficient (Wildman–Crippen LogP) is 4.40. The number of benzene rings is 3. The van der Waals surface area contributed by atoms with Crippen molar-refractivity contribution in [2.24, 2.45) is 5.14 Å². The summed E-state index contributed by atoms with van der Waals surface area (Å²) >= 11 is 6.02. The molecule has 0 saturated heterocycles. The van der Waals surface area contributed by atoms with Crippen molar-refractivity contribution in [3.05, 3.63) is 94.0 Å². The number of primary sulfonamides is 1. The third-order valence-corrected chi connectivity index (χ3v) is 6.31. The molecule has 0 spiro atoms. The van der Waals surface area contributed by atoms with Crippen LogP contribution in [-0.2, 0) is 16.6 Å². The number of amides is 1. The Morgan fingerprint density at radius 3 is 2.26 bits per heavy atom. The molecule has 0 fully saturated rings. The van der Waals surface area contributed by atoms with Crippen molar-refractivity contribution < 1.29 is 13.2 Å². The lowest BCUT2D eigenvalue weighted by Crippen LogP contribution is -2.19. The number of hydrogen-bond acceptors (Lipinski definition) is 4. The van der Waals surface area contributed by atoms with Gasteiger partial charge in [-0.2, -0.15) is 0 Å². The van der Waals surface area contributed by atoms with E-state index in [2.05, 4.69) is 10.6 Å². The van der Waals surface area contributed by atoms with Gasteiger partial charge in [-0.1, -0.05) is 35.9 Å². The van der Waals surface area contributed by atoms with Crippen LogP contribution in [0, 0.1) is 6.92 Å². The summed E-state index contributed by atoms with van der Waals surface area (Å²) in [7, 11) is -3.69. The number of nitrogens with two attached hydrogens (primary N) is 1. The van der Waals surface area contributed by atoms with Crippen LogP contribution in [0.4, 0.5) is 5.69 Å². The Morgan fingerprint density at radius 2 is 1.68 bits per heavy atom. The van der Waals surface area contributed by atoms with Crippen LogP contribution < -0.4 is 15.8 Å². The number of nitrogens with one attached hydrogen (secondary N) is 2. The molecule has 0 aromatic heterocycles. The first-order chi connectivity index (χ1) is 14.6. The van der Waals surface area contributed by atoms with Crippen LogP contribution in [0.2, 0.25) is 5.02 Å². The Kier molecular flexibility index (Phi) is 7.12. The highest BCUT2D eigenvalue weighted by Gasteiger charge is 2.11. The summed E-state index contributed by atoms with van der Waals surface area (Å²) in [6.07, 6.45) is 0. The van der Waals surface area contributed by atoms with Gasteiger partial charge in [-0.05, 0) is 73.0 Å². The summed E-state index contributed by atoms with van der Waals surface area (Å²) < 4.78 is 22.7. The monoisotopic (exact) mass is 457 g/mol. The largest absolute Gasteiger partial charge is 0.322 e. The zero-order valence-electron chi connectivity index (χ0n) is 17.2. The Hall–Kier alpha value is -2.71. The highest BCUT2D eigenvalue weighted by molar-refractivity contribution is 7.89. The average Bonchev–Trinajstić information content (AvgIpc) is 2.74. The number of carbonyl (C=O) groups excluding carboxylic acids is 1. The normalized spacial score (nSPS) is 12.4. The summed E-state index contributed by atoms with van der Waals surface area (Å²) in [5.74, 6) is -0.190. The van der Waals surface area contributed by atoms with Crippen molar-refractivity contribution in [1.82, 2.24) is 5.32 Å². The van der Waals surface area contributed by atoms with Crippen LogP contribution >= 0.6 is 11.6 Å². The number of anilines is 1. The topological polar surface area (TPSA) is 101 Å². The van der Waals surface area contributed by atoms with E-state index in [4.69, 9.17) is 16.7 Å². The van der Waals surface area contributed by atoms with Gasteiger partial charge in [-0.15, -0.1) is 0 Å². The van der Waals surface area contributed by atoms with E-state index in [1.807, 2.05) is 32.0 Å². The maximum Gasteiger partial charge on any atom is 0.255 e. The third-order valence-electron chi connectivity index (χ3n) is 4.95. The maximum absolute atomic E-state index is 12.5. The lowest BCUT2D eigenvalue weighted by atomic mass is 10.1. The molecule has 0 bridgehead atoms. The van der Waals surface area contributed by atoms with Gasteiger partial charge in [0.05, 0.1) is 4.90 Å². The van der Waals surface area contributed by atoms with Crippen LogP contribution in [0.1, 0.15) is 40.0 Å². The Bertz CT molecular complexity index is 1180. The third kappa shape index (κ3) is 6.15. The molecule has 162 valence electrons. The van der Waals surface area contributed by atoms with Gasteiger partial charge in [0.15, 0.2) is 0 Å². The second-order valence-corrected chi connectivity index (χ2v) is 9.30. The molecule has 3 aromatic carbocycles. The summed E-state index contributed by atoms with van der Waals surface area (Å²) in [5.41, 5.74) is 4.12. The van der Waals surface area contributed by atoms with Gasteiger partial charge in [0.2, 0.25) is 10.0 Å². The quantitative estimate of drug-likeness (QED) is 0.489. The van der Waals surface area contributed by atoms with Gasteiger partial charge in [0.25, 0.3) is 5.91 Å². The number of hydrogen-bond donors (Lipinski definition) is 3. The summed E-state index contributed by atoms with van der Waals surface area (Å²) in [5, 5.41) is 12.0. The second-order valence-electron chi connectivity index (χ2n) is 7.33. The fraction of sp³-hybridized carbons (Fsp3) is 0.174. The van der Waals surface area contributed by atoms with Crippen molar-refractivity contribution >= 4 is 33.2 Å². The molecule has 0 aliphatic carbocycles. The van der Waals surface area contributed by atoms with Crippen LogP contribution in [0.5, 0.6) is 0 Å². The first kappa shape index (κ1) is 23.0. The Balaban J connectivity index is 1.57. The fourth-order valence-electron chi connectivity index (χ4n) is 3.03. The molecule has 8 heteroatoms. The van der Waals surface area contributed by atoms with E-state index >= 15 is 0 Å². The lowest BCUT2D eigenvalue weighted by Gasteiger charge is -2.15. The van der Waals surface area contributed by atoms with Crippen LogP contribution in [-0.4, -0.2) is 14.3 Å². The molecular formula is C23H24ClN3O3S. The molecule has 1 amide bonds. The van der Waals surface area contributed by atoms with Gasteiger partial charge in [-0.25, -0.2) is 13.6 Å². The zero-order chi connectivity index (χ0) is 22.6. The van der Waals surface area contributed by atoms with E-state index in [1.165, 1.54) is 12.1 Å². The minimum Gasteiger partial charge on any atom is -0.322 e. The van der Waals surface area contributed by atoms with Crippen LogP contribution in [0.15, 0.2) is 71.6 Å². The van der Waals surface area contributed by atoms with E-state index in [0.29, 0.717) is 22.8 Å². The average molecular weight is 458 g/mol. The van der Waals surface area contributed by atoms with Crippen molar-refractivity contribution in [2.75, 3.05) is 5.32 Å². The molecule has 1 unspecified atom stereocenters. The van der Waals surface area contributed by atoms with Crippen molar-refractivity contribution in [2.45, 2.75) is 31.3 Å². The SMILES string of the molecule is Cc1cc(NC(=O)c2ccc(CNC(C)c3ccc(S(N)(=O)=O)cc3)cc2)ccc1Cl. The maximum atomic E-state index is 12.5. The van der Waals surface area contributed by atoms with Gasteiger partial charge in [0.1, 0.15) is 0 Å². The number of halogens is 1. The first-order valence-electron chi connectivity index (χ1n) is 9.66. The van der Waals surface area contributed by atoms with E-state index in [0.717, 1.165) is 16.7 Å². The molecule has 0 aliphatic rings. The summed E-state index contributed by atoms with van der Waals surface area (Å²) in [6.45, 7) is 4.47. The van der Waals surface area contributed by atoms with Gasteiger partial charge in [-0.3, -0.25) is 4.79 Å². The lowest BCUT2D eigenvalue weighted by molar-refractivity contribution is 0.102. The highest BCUT2D eigenvalue weighted by Crippen LogP contribution is 2.20.